The first-order chi connectivity index (χ1) is 9.27. The second-order valence-corrected chi connectivity index (χ2v) is 4.06. The smallest absolute Gasteiger partial charge is 0.113 e. The fourth-order valence-electron chi connectivity index (χ4n) is 1.16. The quantitative estimate of drug-likeness (QED) is 0.425. The van der Waals surface area contributed by atoms with Crippen LogP contribution in [0.3, 0.4) is 0 Å². The first-order valence-electron chi connectivity index (χ1n) is 6.76. The molecule has 0 amide bonds. The molecule has 0 bridgehead atoms. The van der Waals surface area contributed by atoms with E-state index in [0.29, 0.717) is 52.9 Å². The fourth-order valence-corrected chi connectivity index (χ4v) is 1.16. The third-order valence-electron chi connectivity index (χ3n) is 2.02. The molecule has 0 saturated carbocycles. The average Bonchev–Trinajstić information content (AvgIpc) is 2.39. The summed E-state index contributed by atoms with van der Waals surface area (Å²) in [5.74, 6) is 0. The van der Waals surface area contributed by atoms with Gasteiger partial charge in [-0.05, 0) is 13.8 Å². The summed E-state index contributed by atoms with van der Waals surface area (Å²) in [4.78, 5) is 0. The van der Waals surface area contributed by atoms with E-state index < -0.39 is 6.67 Å². The number of ether oxygens (including phenoxy) is 5. The molecular weight excluding hydrogens is 255 g/mol. The summed E-state index contributed by atoms with van der Waals surface area (Å²) in [6, 6.07) is 0. The van der Waals surface area contributed by atoms with Crippen LogP contribution in [-0.2, 0) is 23.7 Å². The Bertz CT molecular complexity index is 169. The Morgan fingerprint density at radius 3 is 1.37 bits per heavy atom. The van der Waals surface area contributed by atoms with Gasteiger partial charge in [0.15, 0.2) is 0 Å². The standard InChI is InChI=1S/C13H27FO5/c1-13(2)19-12-11-18-10-9-17-8-7-16-6-5-15-4-3-14/h13H,3-12H2,1-2H3. The number of alkyl halides is 1. The maximum atomic E-state index is 11.7. The molecule has 0 aliphatic carbocycles. The van der Waals surface area contributed by atoms with E-state index in [1.165, 1.54) is 0 Å². The summed E-state index contributed by atoms with van der Waals surface area (Å²) < 4.78 is 37.7. The van der Waals surface area contributed by atoms with E-state index in [-0.39, 0.29) is 12.7 Å². The van der Waals surface area contributed by atoms with Crippen molar-refractivity contribution in [2.75, 3.05) is 66.1 Å². The highest BCUT2D eigenvalue weighted by atomic mass is 19.1. The maximum Gasteiger partial charge on any atom is 0.113 e. The van der Waals surface area contributed by atoms with Crippen molar-refractivity contribution in [3.63, 3.8) is 0 Å². The van der Waals surface area contributed by atoms with E-state index in [1.807, 2.05) is 13.8 Å². The fraction of sp³-hybridized carbons (Fsp3) is 1.00. The summed E-state index contributed by atoms with van der Waals surface area (Å²) >= 11 is 0. The van der Waals surface area contributed by atoms with Gasteiger partial charge in [0.25, 0.3) is 0 Å². The van der Waals surface area contributed by atoms with Crippen LogP contribution in [0.5, 0.6) is 0 Å². The predicted molar refractivity (Wildman–Crippen MR) is 70.3 cm³/mol. The van der Waals surface area contributed by atoms with E-state index in [1.54, 1.807) is 0 Å². The van der Waals surface area contributed by atoms with Crippen LogP contribution in [0, 0.1) is 0 Å². The third-order valence-corrected chi connectivity index (χ3v) is 2.02. The summed E-state index contributed by atoms with van der Waals surface area (Å²) in [6.45, 7) is 7.88. The van der Waals surface area contributed by atoms with Gasteiger partial charge in [0, 0.05) is 0 Å². The summed E-state index contributed by atoms with van der Waals surface area (Å²) in [5.41, 5.74) is 0. The molecule has 6 heteroatoms. The molecule has 0 fully saturated rings. The molecule has 0 heterocycles. The normalized spacial score (nSPS) is 11.4. The number of hydrogen-bond acceptors (Lipinski definition) is 5. The van der Waals surface area contributed by atoms with Crippen LogP contribution in [-0.4, -0.2) is 72.2 Å². The lowest BCUT2D eigenvalue weighted by atomic mass is 10.5. The molecule has 0 aromatic heterocycles. The number of hydrogen-bond donors (Lipinski definition) is 0. The third kappa shape index (κ3) is 17.7. The van der Waals surface area contributed by atoms with Crippen molar-refractivity contribution in [1.82, 2.24) is 0 Å². The predicted octanol–water partition coefficient (Wildman–Crippen LogP) is 1.45. The molecule has 0 unspecified atom stereocenters. The first kappa shape index (κ1) is 18.7. The van der Waals surface area contributed by atoms with Crippen molar-refractivity contribution in [2.45, 2.75) is 20.0 Å². The van der Waals surface area contributed by atoms with Crippen LogP contribution in [0.1, 0.15) is 13.8 Å². The zero-order valence-electron chi connectivity index (χ0n) is 12.1. The number of halogens is 1. The van der Waals surface area contributed by atoms with Gasteiger partial charge < -0.3 is 23.7 Å². The number of rotatable bonds is 15. The highest BCUT2D eigenvalue weighted by molar-refractivity contribution is 4.38. The molecule has 0 rings (SSSR count). The second-order valence-electron chi connectivity index (χ2n) is 4.06. The monoisotopic (exact) mass is 282 g/mol. The minimum absolute atomic E-state index is 0.137. The van der Waals surface area contributed by atoms with Crippen LogP contribution in [0.15, 0.2) is 0 Å². The van der Waals surface area contributed by atoms with Gasteiger partial charge in [-0.15, -0.1) is 0 Å². The van der Waals surface area contributed by atoms with Gasteiger partial charge in [-0.1, -0.05) is 0 Å². The minimum Gasteiger partial charge on any atom is -0.377 e. The van der Waals surface area contributed by atoms with E-state index in [9.17, 15) is 4.39 Å². The van der Waals surface area contributed by atoms with Crippen molar-refractivity contribution >= 4 is 0 Å². The molecule has 5 nitrogen and oxygen atoms in total. The maximum absolute atomic E-state index is 11.7. The Morgan fingerprint density at radius 2 is 1.00 bits per heavy atom. The Hall–Kier alpha value is -0.270. The Kier molecular flexibility index (Phi) is 15.6. The molecule has 0 radical (unpaired) electrons. The largest absolute Gasteiger partial charge is 0.377 e. The van der Waals surface area contributed by atoms with Crippen LogP contribution >= 0.6 is 0 Å². The molecular formula is C13H27FO5. The van der Waals surface area contributed by atoms with E-state index in [0.717, 1.165) is 0 Å². The van der Waals surface area contributed by atoms with Gasteiger partial charge in [0.2, 0.25) is 0 Å². The van der Waals surface area contributed by atoms with Gasteiger partial charge in [0.05, 0.1) is 65.6 Å². The van der Waals surface area contributed by atoms with Crippen molar-refractivity contribution in [3.8, 4) is 0 Å². The van der Waals surface area contributed by atoms with Gasteiger partial charge in [-0.2, -0.15) is 0 Å². The topological polar surface area (TPSA) is 46.2 Å². The van der Waals surface area contributed by atoms with Crippen molar-refractivity contribution in [3.05, 3.63) is 0 Å². The average molecular weight is 282 g/mol. The van der Waals surface area contributed by atoms with E-state index in [4.69, 9.17) is 23.7 Å². The van der Waals surface area contributed by atoms with Gasteiger partial charge in [0.1, 0.15) is 6.67 Å². The highest BCUT2D eigenvalue weighted by Crippen LogP contribution is 1.87. The lowest BCUT2D eigenvalue weighted by Crippen LogP contribution is -2.14. The molecule has 116 valence electrons. The van der Waals surface area contributed by atoms with Crippen molar-refractivity contribution in [1.29, 1.82) is 0 Å². The van der Waals surface area contributed by atoms with Crippen molar-refractivity contribution in [2.24, 2.45) is 0 Å². The Labute approximate surface area is 115 Å². The molecule has 0 aliphatic heterocycles. The SMILES string of the molecule is CC(C)OCCOCCOCCOCCOCCF. The lowest BCUT2D eigenvalue weighted by molar-refractivity contribution is -0.0180. The summed E-state index contributed by atoms with van der Waals surface area (Å²) in [7, 11) is 0. The van der Waals surface area contributed by atoms with Crippen LogP contribution in [0.25, 0.3) is 0 Å². The molecule has 0 atom stereocenters. The van der Waals surface area contributed by atoms with E-state index in [2.05, 4.69) is 0 Å². The lowest BCUT2D eigenvalue weighted by Gasteiger charge is -2.08. The zero-order chi connectivity index (χ0) is 14.2. The van der Waals surface area contributed by atoms with Crippen molar-refractivity contribution < 1.29 is 28.1 Å². The molecule has 0 N–H and O–H groups in total. The first-order valence-corrected chi connectivity index (χ1v) is 6.76. The Balaban J connectivity index is 2.91. The Morgan fingerprint density at radius 1 is 0.632 bits per heavy atom. The van der Waals surface area contributed by atoms with Crippen LogP contribution < -0.4 is 0 Å². The van der Waals surface area contributed by atoms with Gasteiger partial charge >= 0.3 is 0 Å². The van der Waals surface area contributed by atoms with Crippen LogP contribution in [0.4, 0.5) is 4.39 Å². The van der Waals surface area contributed by atoms with Gasteiger partial charge in [-0.25, -0.2) is 4.39 Å². The molecule has 0 aromatic carbocycles. The van der Waals surface area contributed by atoms with Gasteiger partial charge in [-0.3, -0.25) is 0 Å². The molecule has 0 spiro atoms. The summed E-state index contributed by atoms with van der Waals surface area (Å²) in [6.07, 6.45) is 0.242. The molecule has 0 aromatic rings. The van der Waals surface area contributed by atoms with Crippen LogP contribution in [0.2, 0.25) is 0 Å². The van der Waals surface area contributed by atoms with E-state index >= 15 is 0 Å². The highest BCUT2D eigenvalue weighted by Gasteiger charge is 1.94. The zero-order valence-corrected chi connectivity index (χ0v) is 12.1. The molecule has 19 heavy (non-hydrogen) atoms. The molecule has 0 saturated heterocycles. The summed E-state index contributed by atoms with van der Waals surface area (Å²) in [5, 5.41) is 0. The second kappa shape index (κ2) is 15.8. The molecule has 0 aliphatic rings. The minimum atomic E-state index is -0.453.